The molecule has 25 heavy (non-hydrogen) atoms. The maximum absolute atomic E-state index is 12.5. The van der Waals surface area contributed by atoms with Gasteiger partial charge in [0.05, 0.1) is 22.2 Å². The third-order valence-corrected chi connectivity index (χ3v) is 5.32. The Labute approximate surface area is 149 Å². The second-order valence-corrected chi connectivity index (χ2v) is 7.06. The van der Waals surface area contributed by atoms with Crippen molar-refractivity contribution in [3.05, 3.63) is 65.4 Å². The fourth-order valence-electron chi connectivity index (χ4n) is 3.08. The number of aromatic nitrogens is 2. The van der Waals surface area contributed by atoms with Crippen molar-refractivity contribution in [2.75, 3.05) is 5.32 Å². The fourth-order valence-corrected chi connectivity index (χ4v) is 3.96. The van der Waals surface area contributed by atoms with Crippen molar-refractivity contribution < 1.29 is 4.79 Å². The van der Waals surface area contributed by atoms with E-state index in [4.69, 9.17) is 0 Å². The molecule has 0 aliphatic heterocycles. The van der Waals surface area contributed by atoms with Gasteiger partial charge >= 0.3 is 0 Å². The Morgan fingerprint density at radius 1 is 1.00 bits per heavy atom. The Morgan fingerprint density at radius 3 is 2.52 bits per heavy atom. The normalized spacial score (nSPS) is 11.1. The smallest absolute Gasteiger partial charge is 0.230 e. The van der Waals surface area contributed by atoms with E-state index in [2.05, 4.69) is 22.2 Å². The molecule has 1 N–H and O–H groups in total. The van der Waals surface area contributed by atoms with Gasteiger partial charge in [-0.25, -0.2) is 4.98 Å². The third-order valence-electron chi connectivity index (χ3n) is 4.36. The van der Waals surface area contributed by atoms with Crippen LogP contribution in [0.3, 0.4) is 0 Å². The molecule has 2 heterocycles. The zero-order valence-electron chi connectivity index (χ0n) is 14.0. The van der Waals surface area contributed by atoms with Gasteiger partial charge in [-0.1, -0.05) is 41.7 Å². The zero-order valence-corrected chi connectivity index (χ0v) is 14.9. The highest BCUT2D eigenvalue weighted by Gasteiger charge is 2.14. The first-order chi connectivity index (χ1) is 12.1. The topological polar surface area (TPSA) is 54.9 Å². The molecule has 4 nitrogen and oxygen atoms in total. The molecule has 0 radical (unpaired) electrons. The fraction of sp³-hybridized carbons (Fsp3) is 0.150. The molecule has 0 fully saturated rings. The van der Waals surface area contributed by atoms with Crippen LogP contribution in [0.2, 0.25) is 0 Å². The van der Waals surface area contributed by atoms with Crippen molar-refractivity contribution in [2.24, 2.45) is 0 Å². The molecule has 124 valence electrons. The van der Waals surface area contributed by atoms with Crippen LogP contribution in [0, 0.1) is 13.8 Å². The summed E-state index contributed by atoms with van der Waals surface area (Å²) in [5.74, 6) is -0.0673. The average molecular weight is 347 g/mol. The molecule has 2 aromatic heterocycles. The molecule has 0 atom stereocenters. The van der Waals surface area contributed by atoms with E-state index in [1.165, 1.54) is 11.3 Å². The van der Waals surface area contributed by atoms with E-state index in [0.717, 1.165) is 37.9 Å². The standard InChI is InChI=1S/C20H17N3OS/c1-12-14-7-3-4-8-16(14)21-13(2)15(12)11-19(24)23-20-22-17-9-5-6-10-18(17)25-20/h3-10H,11H2,1-2H3,(H,22,23,24). The molecule has 1 amide bonds. The van der Waals surface area contributed by atoms with Crippen molar-refractivity contribution in [2.45, 2.75) is 20.3 Å². The summed E-state index contributed by atoms with van der Waals surface area (Å²) >= 11 is 1.49. The van der Waals surface area contributed by atoms with Crippen LogP contribution in [-0.2, 0) is 11.2 Å². The first kappa shape index (κ1) is 15.7. The molecular formula is C20H17N3OS. The highest BCUT2D eigenvalue weighted by molar-refractivity contribution is 7.22. The largest absolute Gasteiger partial charge is 0.302 e. The molecule has 0 spiro atoms. The molecule has 0 aliphatic rings. The minimum absolute atomic E-state index is 0.0673. The predicted molar refractivity (Wildman–Crippen MR) is 103 cm³/mol. The van der Waals surface area contributed by atoms with Crippen LogP contribution in [0.25, 0.3) is 21.1 Å². The Bertz CT molecular complexity index is 1070. The number of para-hydroxylation sites is 2. The summed E-state index contributed by atoms with van der Waals surface area (Å²) in [6, 6.07) is 15.9. The first-order valence-electron chi connectivity index (χ1n) is 8.12. The number of carbonyl (C=O) groups is 1. The van der Waals surface area contributed by atoms with E-state index in [9.17, 15) is 4.79 Å². The maximum atomic E-state index is 12.5. The number of anilines is 1. The molecular weight excluding hydrogens is 330 g/mol. The van der Waals surface area contributed by atoms with Gasteiger partial charge in [-0.2, -0.15) is 0 Å². The zero-order chi connectivity index (χ0) is 17.4. The quantitative estimate of drug-likeness (QED) is 0.587. The lowest BCUT2D eigenvalue weighted by Gasteiger charge is -2.12. The van der Waals surface area contributed by atoms with E-state index in [1.54, 1.807) is 0 Å². The van der Waals surface area contributed by atoms with Gasteiger partial charge in [-0.3, -0.25) is 9.78 Å². The summed E-state index contributed by atoms with van der Waals surface area (Å²) in [6.07, 6.45) is 0.297. The van der Waals surface area contributed by atoms with Crippen molar-refractivity contribution in [1.82, 2.24) is 9.97 Å². The summed E-state index contributed by atoms with van der Waals surface area (Å²) < 4.78 is 1.07. The van der Waals surface area contributed by atoms with Crippen molar-refractivity contribution in [3.8, 4) is 0 Å². The number of nitrogens with one attached hydrogen (secondary N) is 1. The Balaban J connectivity index is 1.61. The molecule has 0 aliphatic carbocycles. The van der Waals surface area contributed by atoms with E-state index in [1.807, 2.05) is 55.5 Å². The summed E-state index contributed by atoms with van der Waals surface area (Å²) in [7, 11) is 0. The van der Waals surface area contributed by atoms with Gasteiger partial charge in [0, 0.05) is 11.1 Å². The number of thiazole rings is 1. The van der Waals surface area contributed by atoms with Crippen LogP contribution in [0.15, 0.2) is 48.5 Å². The molecule has 0 saturated carbocycles. The van der Waals surface area contributed by atoms with E-state index < -0.39 is 0 Å². The molecule has 0 saturated heterocycles. The second kappa shape index (κ2) is 6.26. The lowest BCUT2D eigenvalue weighted by Crippen LogP contribution is -2.16. The summed E-state index contributed by atoms with van der Waals surface area (Å²) in [5.41, 5.74) is 4.87. The molecule has 2 aromatic carbocycles. The minimum atomic E-state index is -0.0673. The first-order valence-corrected chi connectivity index (χ1v) is 8.94. The van der Waals surface area contributed by atoms with E-state index in [0.29, 0.717) is 11.6 Å². The monoisotopic (exact) mass is 347 g/mol. The highest BCUT2D eigenvalue weighted by Crippen LogP contribution is 2.26. The van der Waals surface area contributed by atoms with Crippen LogP contribution in [-0.4, -0.2) is 15.9 Å². The SMILES string of the molecule is Cc1nc2ccccc2c(C)c1CC(=O)Nc1nc2ccccc2s1. The van der Waals surface area contributed by atoms with E-state index >= 15 is 0 Å². The second-order valence-electron chi connectivity index (χ2n) is 6.03. The maximum Gasteiger partial charge on any atom is 0.230 e. The molecule has 0 unspecified atom stereocenters. The van der Waals surface area contributed by atoms with Crippen LogP contribution in [0.1, 0.15) is 16.8 Å². The summed E-state index contributed by atoms with van der Waals surface area (Å²) in [6.45, 7) is 4.01. The number of hydrogen-bond donors (Lipinski definition) is 1. The Hall–Kier alpha value is -2.79. The van der Waals surface area contributed by atoms with Crippen molar-refractivity contribution >= 4 is 43.5 Å². The van der Waals surface area contributed by atoms with Gasteiger partial charge in [-0.15, -0.1) is 0 Å². The van der Waals surface area contributed by atoms with Gasteiger partial charge in [0.1, 0.15) is 0 Å². The third kappa shape index (κ3) is 2.98. The number of rotatable bonds is 3. The number of benzene rings is 2. The molecule has 4 rings (SSSR count). The van der Waals surface area contributed by atoms with Crippen LogP contribution in [0.5, 0.6) is 0 Å². The number of pyridine rings is 1. The number of nitrogens with zero attached hydrogens (tertiary/aromatic N) is 2. The molecule has 5 heteroatoms. The number of carbonyl (C=O) groups excluding carboxylic acids is 1. The number of amides is 1. The highest BCUT2D eigenvalue weighted by atomic mass is 32.1. The van der Waals surface area contributed by atoms with Crippen molar-refractivity contribution in [1.29, 1.82) is 0 Å². The number of hydrogen-bond acceptors (Lipinski definition) is 4. The average Bonchev–Trinajstić information content (AvgIpc) is 3.00. The van der Waals surface area contributed by atoms with Crippen LogP contribution >= 0.6 is 11.3 Å². The van der Waals surface area contributed by atoms with E-state index in [-0.39, 0.29) is 5.91 Å². The Kier molecular flexibility index (Phi) is 3.93. The van der Waals surface area contributed by atoms with Crippen molar-refractivity contribution in [3.63, 3.8) is 0 Å². The van der Waals surface area contributed by atoms with Crippen LogP contribution < -0.4 is 5.32 Å². The van der Waals surface area contributed by atoms with Gasteiger partial charge in [0.2, 0.25) is 5.91 Å². The number of aryl methyl sites for hydroxylation is 2. The van der Waals surface area contributed by atoms with Gasteiger partial charge in [0.25, 0.3) is 0 Å². The lowest BCUT2D eigenvalue weighted by atomic mass is 9.99. The summed E-state index contributed by atoms with van der Waals surface area (Å²) in [4.78, 5) is 21.6. The van der Waals surface area contributed by atoms with Gasteiger partial charge in [0.15, 0.2) is 5.13 Å². The summed E-state index contributed by atoms with van der Waals surface area (Å²) in [5, 5.41) is 4.65. The Morgan fingerprint density at radius 2 is 1.72 bits per heavy atom. The molecule has 4 aromatic rings. The lowest BCUT2D eigenvalue weighted by molar-refractivity contribution is -0.115. The molecule has 0 bridgehead atoms. The number of fused-ring (bicyclic) bond motifs is 2. The van der Waals surface area contributed by atoms with Gasteiger partial charge in [-0.05, 0) is 43.2 Å². The minimum Gasteiger partial charge on any atom is -0.302 e. The van der Waals surface area contributed by atoms with Gasteiger partial charge < -0.3 is 5.32 Å². The van der Waals surface area contributed by atoms with Crippen LogP contribution in [0.4, 0.5) is 5.13 Å². The predicted octanol–water partition coefficient (Wildman–Crippen LogP) is 4.64.